The summed E-state index contributed by atoms with van der Waals surface area (Å²) in [4.78, 5) is 12.2. The predicted octanol–water partition coefficient (Wildman–Crippen LogP) is 2.01. The molecule has 3 rings (SSSR count). The third kappa shape index (κ3) is 2.70. The number of ether oxygens (including phenoxy) is 1. The second-order valence-corrected chi connectivity index (χ2v) is 6.33. The van der Waals surface area contributed by atoms with Gasteiger partial charge in [0, 0.05) is 18.1 Å². The summed E-state index contributed by atoms with van der Waals surface area (Å²) in [5.74, 6) is 0.212. The van der Waals surface area contributed by atoms with Gasteiger partial charge in [0.1, 0.15) is 0 Å². The summed E-state index contributed by atoms with van der Waals surface area (Å²) in [5.41, 5.74) is 0.254. The molecular formula is C15H27ClN2O2. The molecule has 3 atom stereocenters. The van der Waals surface area contributed by atoms with Crippen molar-refractivity contribution in [2.75, 3.05) is 13.2 Å². The van der Waals surface area contributed by atoms with E-state index in [-0.39, 0.29) is 29.8 Å². The maximum Gasteiger partial charge on any atom is 0.237 e. The van der Waals surface area contributed by atoms with Gasteiger partial charge in [-0.25, -0.2) is 0 Å². The van der Waals surface area contributed by atoms with Crippen LogP contribution in [0.5, 0.6) is 0 Å². The Hall–Kier alpha value is -0.320. The number of nitrogens with one attached hydrogen (secondary N) is 2. The normalized spacial score (nSPS) is 34.5. The van der Waals surface area contributed by atoms with Crippen molar-refractivity contribution in [3.05, 3.63) is 0 Å². The van der Waals surface area contributed by atoms with Gasteiger partial charge in [0.05, 0.1) is 12.1 Å². The molecule has 116 valence electrons. The van der Waals surface area contributed by atoms with Crippen molar-refractivity contribution in [3.8, 4) is 0 Å². The van der Waals surface area contributed by atoms with E-state index < -0.39 is 0 Å². The molecule has 20 heavy (non-hydrogen) atoms. The molecule has 2 saturated carbocycles. The number of carbonyl (C=O) groups excluding carboxylic acids is 1. The number of hydrogen-bond donors (Lipinski definition) is 2. The van der Waals surface area contributed by atoms with Crippen LogP contribution in [0.2, 0.25) is 0 Å². The smallest absolute Gasteiger partial charge is 0.237 e. The third-order valence-corrected chi connectivity index (χ3v) is 5.38. The van der Waals surface area contributed by atoms with E-state index in [2.05, 4.69) is 17.6 Å². The maximum absolute atomic E-state index is 12.2. The van der Waals surface area contributed by atoms with Crippen LogP contribution in [0.25, 0.3) is 0 Å². The van der Waals surface area contributed by atoms with Gasteiger partial charge in [0.25, 0.3) is 0 Å². The van der Waals surface area contributed by atoms with Crippen LogP contribution in [-0.2, 0) is 9.53 Å². The lowest BCUT2D eigenvalue weighted by Gasteiger charge is -2.54. The van der Waals surface area contributed by atoms with Crippen molar-refractivity contribution in [1.82, 2.24) is 10.6 Å². The standard InChI is InChI=1S/C15H26N2O2.ClH/c1-2-19-13-10-12(15(13)7-3-4-8-15)17-14(18)11-6-5-9-16-11;/h11-13,16H,2-10H2,1H3,(H,17,18);1H. The molecule has 1 amide bonds. The van der Waals surface area contributed by atoms with Crippen molar-refractivity contribution >= 4 is 18.3 Å². The van der Waals surface area contributed by atoms with Crippen LogP contribution in [-0.4, -0.2) is 37.2 Å². The summed E-state index contributed by atoms with van der Waals surface area (Å²) in [7, 11) is 0. The molecule has 2 N–H and O–H groups in total. The molecule has 5 heteroatoms. The van der Waals surface area contributed by atoms with Gasteiger partial charge in [-0.2, -0.15) is 0 Å². The van der Waals surface area contributed by atoms with Gasteiger partial charge in [-0.15, -0.1) is 12.4 Å². The van der Waals surface area contributed by atoms with Crippen molar-refractivity contribution in [2.45, 2.75) is 70.1 Å². The Labute approximate surface area is 127 Å². The van der Waals surface area contributed by atoms with Crippen LogP contribution in [0, 0.1) is 5.41 Å². The highest BCUT2D eigenvalue weighted by molar-refractivity contribution is 5.85. The number of halogens is 1. The Bertz CT molecular complexity index is 339. The zero-order valence-electron chi connectivity index (χ0n) is 12.3. The number of rotatable bonds is 4. The Kier molecular flexibility index (Phi) is 5.32. The van der Waals surface area contributed by atoms with Gasteiger partial charge < -0.3 is 15.4 Å². The zero-order valence-corrected chi connectivity index (χ0v) is 13.1. The first-order valence-corrected chi connectivity index (χ1v) is 7.91. The summed E-state index contributed by atoms with van der Waals surface area (Å²) in [6.45, 7) is 3.84. The quantitative estimate of drug-likeness (QED) is 0.835. The van der Waals surface area contributed by atoms with E-state index in [4.69, 9.17) is 4.74 Å². The first-order chi connectivity index (χ1) is 9.26. The van der Waals surface area contributed by atoms with E-state index in [1.165, 1.54) is 25.7 Å². The fourth-order valence-corrected chi connectivity index (χ4v) is 4.27. The molecule has 0 radical (unpaired) electrons. The molecular weight excluding hydrogens is 276 g/mol. The molecule has 1 saturated heterocycles. The Balaban J connectivity index is 0.00000147. The van der Waals surface area contributed by atoms with Gasteiger partial charge in [-0.3, -0.25) is 4.79 Å². The summed E-state index contributed by atoms with van der Waals surface area (Å²) in [6, 6.07) is 0.394. The highest BCUT2D eigenvalue weighted by Crippen LogP contribution is 2.54. The van der Waals surface area contributed by atoms with Crippen molar-refractivity contribution in [1.29, 1.82) is 0 Å². The minimum absolute atomic E-state index is 0. The molecule has 1 aliphatic heterocycles. The van der Waals surface area contributed by atoms with Crippen molar-refractivity contribution in [3.63, 3.8) is 0 Å². The number of hydrogen-bond acceptors (Lipinski definition) is 3. The molecule has 2 aliphatic carbocycles. The van der Waals surface area contributed by atoms with E-state index in [1.807, 2.05) is 0 Å². The van der Waals surface area contributed by atoms with Gasteiger partial charge in [0.2, 0.25) is 5.91 Å². The molecule has 0 aromatic heterocycles. The predicted molar refractivity (Wildman–Crippen MR) is 81.1 cm³/mol. The van der Waals surface area contributed by atoms with Crippen molar-refractivity contribution < 1.29 is 9.53 Å². The van der Waals surface area contributed by atoms with Crippen LogP contribution < -0.4 is 10.6 Å². The van der Waals surface area contributed by atoms with Gasteiger partial charge >= 0.3 is 0 Å². The highest BCUT2D eigenvalue weighted by Gasteiger charge is 2.57. The summed E-state index contributed by atoms with van der Waals surface area (Å²) >= 11 is 0. The first-order valence-electron chi connectivity index (χ1n) is 7.91. The molecule has 4 nitrogen and oxygen atoms in total. The molecule has 3 unspecified atom stereocenters. The molecule has 0 bridgehead atoms. The summed E-state index contributed by atoms with van der Waals surface area (Å²) in [6.07, 6.45) is 8.51. The number of carbonyl (C=O) groups is 1. The highest BCUT2D eigenvalue weighted by atomic mass is 35.5. The SMILES string of the molecule is CCOC1CC(NC(=O)C2CCCN2)C12CCCC2.Cl. The third-order valence-electron chi connectivity index (χ3n) is 5.38. The average molecular weight is 303 g/mol. The largest absolute Gasteiger partial charge is 0.378 e. The second kappa shape index (κ2) is 6.63. The number of amides is 1. The van der Waals surface area contributed by atoms with Gasteiger partial charge in [-0.05, 0) is 45.6 Å². The molecule has 1 spiro atoms. The minimum Gasteiger partial charge on any atom is -0.378 e. The fourth-order valence-electron chi connectivity index (χ4n) is 4.27. The minimum atomic E-state index is 0. The Morgan fingerprint density at radius 2 is 2.10 bits per heavy atom. The molecule has 0 aromatic carbocycles. The topological polar surface area (TPSA) is 50.4 Å². The van der Waals surface area contributed by atoms with E-state index in [1.54, 1.807) is 0 Å². The lowest BCUT2D eigenvalue weighted by Crippen LogP contribution is -2.65. The van der Waals surface area contributed by atoms with Crippen molar-refractivity contribution in [2.24, 2.45) is 5.41 Å². The van der Waals surface area contributed by atoms with Crippen LogP contribution in [0.15, 0.2) is 0 Å². The lowest BCUT2D eigenvalue weighted by molar-refractivity contribution is -0.145. The fraction of sp³-hybridized carbons (Fsp3) is 0.933. The molecule has 1 heterocycles. The Morgan fingerprint density at radius 1 is 1.35 bits per heavy atom. The Morgan fingerprint density at radius 3 is 2.70 bits per heavy atom. The van der Waals surface area contributed by atoms with Gasteiger partial charge in [0.15, 0.2) is 0 Å². The molecule has 3 aliphatic rings. The summed E-state index contributed by atoms with van der Waals surface area (Å²) in [5, 5.41) is 6.58. The van der Waals surface area contributed by atoms with E-state index in [9.17, 15) is 4.79 Å². The summed E-state index contributed by atoms with van der Waals surface area (Å²) < 4.78 is 5.89. The lowest BCUT2D eigenvalue weighted by atomic mass is 9.60. The zero-order chi connectivity index (χ0) is 13.3. The van der Waals surface area contributed by atoms with Gasteiger partial charge in [-0.1, -0.05) is 12.8 Å². The van der Waals surface area contributed by atoms with Crippen LogP contribution >= 0.6 is 12.4 Å². The maximum atomic E-state index is 12.2. The molecule has 0 aromatic rings. The second-order valence-electron chi connectivity index (χ2n) is 6.33. The van der Waals surface area contributed by atoms with E-state index in [0.717, 1.165) is 32.4 Å². The first kappa shape index (κ1) is 16.1. The van der Waals surface area contributed by atoms with Crippen LogP contribution in [0.1, 0.15) is 51.9 Å². The molecule has 3 fully saturated rings. The van der Waals surface area contributed by atoms with Crippen LogP contribution in [0.4, 0.5) is 0 Å². The van der Waals surface area contributed by atoms with E-state index in [0.29, 0.717) is 12.1 Å². The van der Waals surface area contributed by atoms with Crippen LogP contribution in [0.3, 0.4) is 0 Å². The average Bonchev–Trinajstić information content (AvgIpc) is 3.09. The van der Waals surface area contributed by atoms with E-state index >= 15 is 0 Å². The monoisotopic (exact) mass is 302 g/mol.